The predicted octanol–water partition coefficient (Wildman–Crippen LogP) is 2.62. The van der Waals surface area contributed by atoms with Gasteiger partial charge >= 0.3 is 0 Å². The summed E-state index contributed by atoms with van der Waals surface area (Å²) < 4.78 is 42.4. The first-order valence-corrected chi connectivity index (χ1v) is 8.49. The molecular formula is C19H18F3N3O2. The van der Waals surface area contributed by atoms with Gasteiger partial charge in [-0.2, -0.15) is 0 Å². The van der Waals surface area contributed by atoms with E-state index in [1.807, 2.05) is 0 Å². The van der Waals surface area contributed by atoms with Gasteiger partial charge in [-0.1, -0.05) is 6.07 Å². The van der Waals surface area contributed by atoms with Crippen molar-refractivity contribution in [3.63, 3.8) is 0 Å². The van der Waals surface area contributed by atoms with E-state index in [-0.39, 0.29) is 25.9 Å². The number of likely N-dealkylation sites (tertiary alicyclic amines) is 1. The van der Waals surface area contributed by atoms with Crippen LogP contribution in [-0.2, 0) is 11.3 Å². The summed E-state index contributed by atoms with van der Waals surface area (Å²) in [6, 6.07) is 5.95. The van der Waals surface area contributed by atoms with Gasteiger partial charge < -0.3 is 10.2 Å². The summed E-state index contributed by atoms with van der Waals surface area (Å²) in [5.74, 6) is -3.34. The summed E-state index contributed by atoms with van der Waals surface area (Å²) in [4.78, 5) is 29.8. The standard InChI is InChI=1S/C19H18F3N3O2/c20-14-4-5-16(21)15(9-14)17(26)25-8-2-6-19(22,12-25)18(27)24-11-13-3-1-7-23-10-13/h1,3-5,7,9-10H,2,6,8,11-12H2,(H,24,27). The molecular weight excluding hydrogens is 359 g/mol. The number of nitrogens with one attached hydrogen (secondary N) is 1. The lowest BCUT2D eigenvalue weighted by Crippen LogP contribution is -2.55. The topological polar surface area (TPSA) is 62.3 Å². The summed E-state index contributed by atoms with van der Waals surface area (Å²) in [6.45, 7) is -0.248. The number of alkyl halides is 1. The SMILES string of the molecule is O=C(c1cc(F)ccc1F)N1CCCC(F)(C(=O)NCc2cccnc2)C1. The highest BCUT2D eigenvalue weighted by atomic mass is 19.1. The molecule has 27 heavy (non-hydrogen) atoms. The van der Waals surface area contributed by atoms with E-state index in [0.717, 1.165) is 23.1 Å². The molecule has 1 N–H and O–H groups in total. The van der Waals surface area contributed by atoms with Crippen LogP contribution in [0.5, 0.6) is 0 Å². The van der Waals surface area contributed by atoms with Gasteiger partial charge in [0, 0.05) is 25.5 Å². The number of piperidine rings is 1. The number of hydrogen-bond acceptors (Lipinski definition) is 3. The Labute approximate surface area is 154 Å². The molecule has 1 fully saturated rings. The van der Waals surface area contributed by atoms with Gasteiger partial charge in [-0.15, -0.1) is 0 Å². The molecule has 142 valence electrons. The van der Waals surface area contributed by atoms with Gasteiger partial charge in [-0.25, -0.2) is 13.2 Å². The molecule has 0 saturated carbocycles. The molecule has 8 heteroatoms. The second-order valence-corrected chi connectivity index (χ2v) is 6.46. The Kier molecular flexibility index (Phi) is 5.43. The Hall–Kier alpha value is -2.90. The number of carbonyl (C=O) groups excluding carboxylic acids is 2. The maximum atomic E-state index is 15.2. The van der Waals surface area contributed by atoms with Crippen LogP contribution < -0.4 is 5.32 Å². The lowest BCUT2D eigenvalue weighted by Gasteiger charge is -2.36. The Bertz CT molecular complexity index is 847. The fourth-order valence-corrected chi connectivity index (χ4v) is 3.04. The van der Waals surface area contributed by atoms with Crippen LogP contribution >= 0.6 is 0 Å². The number of hydrogen-bond donors (Lipinski definition) is 1. The van der Waals surface area contributed by atoms with Gasteiger partial charge in [-0.3, -0.25) is 14.6 Å². The van der Waals surface area contributed by atoms with Crippen LogP contribution in [0, 0.1) is 11.6 Å². The molecule has 1 atom stereocenters. The van der Waals surface area contributed by atoms with E-state index in [4.69, 9.17) is 0 Å². The molecule has 0 aliphatic carbocycles. The lowest BCUT2D eigenvalue weighted by atomic mass is 9.93. The number of amides is 2. The molecule has 2 heterocycles. The van der Waals surface area contributed by atoms with Crippen LogP contribution in [0.1, 0.15) is 28.8 Å². The minimum Gasteiger partial charge on any atom is -0.349 e. The normalized spacial score (nSPS) is 19.6. The molecule has 1 saturated heterocycles. The highest BCUT2D eigenvalue weighted by Crippen LogP contribution is 2.27. The van der Waals surface area contributed by atoms with Crippen molar-refractivity contribution in [2.24, 2.45) is 0 Å². The van der Waals surface area contributed by atoms with Crippen LogP contribution in [0.25, 0.3) is 0 Å². The van der Waals surface area contributed by atoms with E-state index < -0.39 is 41.2 Å². The monoisotopic (exact) mass is 377 g/mol. The van der Waals surface area contributed by atoms with E-state index >= 15 is 4.39 Å². The van der Waals surface area contributed by atoms with Crippen molar-refractivity contribution in [2.75, 3.05) is 13.1 Å². The average Bonchev–Trinajstić information content (AvgIpc) is 2.68. The van der Waals surface area contributed by atoms with Crippen LogP contribution in [0.4, 0.5) is 13.2 Å². The van der Waals surface area contributed by atoms with Crippen molar-refractivity contribution in [3.8, 4) is 0 Å². The minimum absolute atomic E-state index is 0.0543. The van der Waals surface area contributed by atoms with Crippen LogP contribution in [0.3, 0.4) is 0 Å². The zero-order chi connectivity index (χ0) is 19.4. The number of nitrogens with zero attached hydrogens (tertiary/aromatic N) is 2. The zero-order valence-electron chi connectivity index (χ0n) is 14.4. The number of carbonyl (C=O) groups is 2. The summed E-state index contributed by atoms with van der Waals surface area (Å²) in [7, 11) is 0. The zero-order valence-corrected chi connectivity index (χ0v) is 14.4. The van der Waals surface area contributed by atoms with Gasteiger partial charge in [0.05, 0.1) is 12.1 Å². The van der Waals surface area contributed by atoms with Crippen molar-refractivity contribution in [1.82, 2.24) is 15.2 Å². The Balaban J connectivity index is 1.69. The van der Waals surface area contributed by atoms with E-state index in [0.29, 0.717) is 5.56 Å². The van der Waals surface area contributed by atoms with Gasteiger partial charge in [0.1, 0.15) is 11.6 Å². The Morgan fingerprint density at radius 3 is 2.81 bits per heavy atom. The average molecular weight is 377 g/mol. The highest BCUT2D eigenvalue weighted by Gasteiger charge is 2.44. The number of rotatable bonds is 4. The third-order valence-electron chi connectivity index (χ3n) is 4.47. The molecule has 1 aromatic carbocycles. The first-order valence-electron chi connectivity index (χ1n) is 8.49. The first kappa shape index (κ1) is 18.9. The predicted molar refractivity (Wildman–Crippen MR) is 91.4 cm³/mol. The molecule has 1 aliphatic heterocycles. The Morgan fingerprint density at radius 2 is 2.07 bits per heavy atom. The second kappa shape index (κ2) is 7.77. The van der Waals surface area contributed by atoms with Crippen LogP contribution in [-0.4, -0.2) is 40.5 Å². The second-order valence-electron chi connectivity index (χ2n) is 6.46. The van der Waals surface area contributed by atoms with Crippen molar-refractivity contribution in [2.45, 2.75) is 25.1 Å². The van der Waals surface area contributed by atoms with Gasteiger partial charge in [-0.05, 0) is 42.7 Å². The maximum absolute atomic E-state index is 15.2. The fraction of sp³-hybridized carbons (Fsp3) is 0.316. The number of benzene rings is 1. The quantitative estimate of drug-likeness (QED) is 0.891. The van der Waals surface area contributed by atoms with E-state index in [9.17, 15) is 18.4 Å². The van der Waals surface area contributed by atoms with Gasteiger partial charge in [0.25, 0.3) is 11.8 Å². The van der Waals surface area contributed by atoms with Gasteiger partial charge in [0.2, 0.25) is 5.67 Å². The molecule has 0 spiro atoms. The maximum Gasteiger partial charge on any atom is 0.259 e. The molecule has 0 radical (unpaired) electrons. The van der Waals surface area contributed by atoms with Crippen molar-refractivity contribution in [1.29, 1.82) is 0 Å². The molecule has 3 rings (SSSR count). The summed E-state index contributed by atoms with van der Waals surface area (Å²) in [5, 5.41) is 2.50. The van der Waals surface area contributed by atoms with Crippen molar-refractivity contribution >= 4 is 11.8 Å². The number of halogens is 3. The third kappa shape index (κ3) is 4.27. The summed E-state index contributed by atoms with van der Waals surface area (Å²) >= 11 is 0. The third-order valence-corrected chi connectivity index (χ3v) is 4.47. The molecule has 1 aromatic heterocycles. The number of aromatic nitrogens is 1. The van der Waals surface area contributed by atoms with Crippen molar-refractivity contribution in [3.05, 3.63) is 65.5 Å². The van der Waals surface area contributed by atoms with Crippen LogP contribution in [0.2, 0.25) is 0 Å². The molecule has 5 nitrogen and oxygen atoms in total. The van der Waals surface area contributed by atoms with Crippen molar-refractivity contribution < 1.29 is 22.8 Å². The molecule has 2 amide bonds. The Morgan fingerprint density at radius 1 is 1.26 bits per heavy atom. The molecule has 0 bridgehead atoms. The first-order chi connectivity index (χ1) is 12.9. The smallest absolute Gasteiger partial charge is 0.259 e. The summed E-state index contributed by atoms with van der Waals surface area (Å²) in [5.41, 5.74) is -2.06. The molecule has 1 unspecified atom stereocenters. The minimum atomic E-state index is -2.29. The largest absolute Gasteiger partial charge is 0.349 e. The fourth-order valence-electron chi connectivity index (χ4n) is 3.04. The van der Waals surface area contributed by atoms with E-state index in [2.05, 4.69) is 10.3 Å². The summed E-state index contributed by atoms with van der Waals surface area (Å²) in [6.07, 6.45) is 3.31. The molecule has 1 aliphatic rings. The lowest BCUT2D eigenvalue weighted by molar-refractivity contribution is -0.136. The van der Waals surface area contributed by atoms with E-state index in [1.165, 1.54) is 0 Å². The highest BCUT2D eigenvalue weighted by molar-refractivity contribution is 5.95. The molecule has 2 aromatic rings. The van der Waals surface area contributed by atoms with Crippen LogP contribution in [0.15, 0.2) is 42.7 Å². The number of pyridine rings is 1. The van der Waals surface area contributed by atoms with E-state index in [1.54, 1.807) is 24.5 Å². The van der Waals surface area contributed by atoms with Gasteiger partial charge in [0.15, 0.2) is 0 Å².